The smallest absolute Gasteiger partial charge is 0.324 e. The predicted octanol–water partition coefficient (Wildman–Crippen LogP) is 3.07. The number of para-hydroxylation sites is 1. The van der Waals surface area contributed by atoms with Crippen LogP contribution < -0.4 is 15.4 Å². The lowest BCUT2D eigenvalue weighted by molar-refractivity contribution is -0.129. The number of amides is 3. The van der Waals surface area contributed by atoms with Crippen molar-refractivity contribution in [2.45, 2.75) is 58.0 Å². The van der Waals surface area contributed by atoms with Crippen molar-refractivity contribution in [1.82, 2.24) is 15.5 Å². The molecule has 2 aliphatic rings. The van der Waals surface area contributed by atoms with E-state index in [2.05, 4.69) is 17.6 Å². The van der Waals surface area contributed by atoms with Crippen LogP contribution in [0.25, 0.3) is 0 Å². The Balaban J connectivity index is 1.48. The van der Waals surface area contributed by atoms with Gasteiger partial charge in [0.15, 0.2) is 6.61 Å². The van der Waals surface area contributed by atoms with E-state index in [1.165, 1.54) is 43.4 Å². The summed E-state index contributed by atoms with van der Waals surface area (Å²) in [7, 11) is 0. The Morgan fingerprint density at radius 3 is 2.81 bits per heavy atom. The summed E-state index contributed by atoms with van der Waals surface area (Å²) in [5.41, 5.74) is 1.03. The second kappa shape index (κ2) is 9.74. The second-order valence-corrected chi connectivity index (χ2v) is 7.70. The van der Waals surface area contributed by atoms with Crippen molar-refractivity contribution in [2.24, 2.45) is 5.92 Å². The molecule has 1 aromatic rings. The molecule has 6 nitrogen and oxygen atoms in total. The minimum Gasteiger partial charge on any atom is -0.483 e. The second-order valence-electron chi connectivity index (χ2n) is 7.70. The van der Waals surface area contributed by atoms with Gasteiger partial charge in [-0.15, -0.1) is 0 Å². The average Bonchev–Trinajstić information content (AvgIpc) is 3.12. The summed E-state index contributed by atoms with van der Waals surface area (Å²) in [5.74, 6) is 1.23. The molecule has 27 heavy (non-hydrogen) atoms. The maximum absolute atomic E-state index is 12.2. The average molecular weight is 373 g/mol. The van der Waals surface area contributed by atoms with Gasteiger partial charge >= 0.3 is 6.03 Å². The van der Waals surface area contributed by atoms with Gasteiger partial charge in [-0.05, 0) is 25.3 Å². The molecule has 1 unspecified atom stereocenters. The topological polar surface area (TPSA) is 70.7 Å². The summed E-state index contributed by atoms with van der Waals surface area (Å²) >= 11 is 0. The molecule has 148 valence electrons. The summed E-state index contributed by atoms with van der Waals surface area (Å²) < 4.78 is 5.73. The first-order valence-corrected chi connectivity index (χ1v) is 10.2. The Morgan fingerprint density at radius 1 is 1.30 bits per heavy atom. The maximum atomic E-state index is 12.2. The van der Waals surface area contributed by atoms with Gasteiger partial charge in [-0.25, -0.2) is 4.79 Å². The molecule has 1 aromatic carbocycles. The summed E-state index contributed by atoms with van der Waals surface area (Å²) in [6, 6.07) is 7.89. The van der Waals surface area contributed by atoms with Gasteiger partial charge < -0.3 is 15.4 Å². The summed E-state index contributed by atoms with van der Waals surface area (Å²) in [6.07, 6.45) is 8.07. The van der Waals surface area contributed by atoms with Crippen molar-refractivity contribution >= 4 is 11.9 Å². The lowest BCUT2D eigenvalue weighted by atomic mass is 9.85. The Bertz CT molecular complexity index is 643. The number of rotatable bonds is 8. The van der Waals surface area contributed by atoms with E-state index in [9.17, 15) is 9.59 Å². The molecule has 6 heteroatoms. The highest BCUT2D eigenvalue weighted by Crippen LogP contribution is 2.27. The molecule has 2 fully saturated rings. The van der Waals surface area contributed by atoms with E-state index in [4.69, 9.17) is 4.74 Å². The van der Waals surface area contributed by atoms with Crippen molar-refractivity contribution in [3.8, 4) is 5.75 Å². The quantitative estimate of drug-likeness (QED) is 0.735. The molecular weight excluding hydrogens is 342 g/mol. The zero-order valence-electron chi connectivity index (χ0n) is 16.2. The van der Waals surface area contributed by atoms with Crippen LogP contribution in [0.4, 0.5) is 4.79 Å². The molecule has 1 saturated heterocycles. The number of carbonyl (C=O) groups is 2. The molecule has 2 N–H and O–H groups in total. The van der Waals surface area contributed by atoms with Gasteiger partial charge in [0.25, 0.3) is 5.91 Å². The standard InChI is InChI=1S/C21H31N3O3/c1-16(13-17-7-3-2-4-8-17)23-14-18-9-5-6-10-19(18)27-15-20(25)24-12-11-22-21(24)26/h5-6,9-10,16-17,23H,2-4,7-8,11-15H2,1H3,(H,22,26). The van der Waals surface area contributed by atoms with Gasteiger partial charge in [0.2, 0.25) is 0 Å². The number of nitrogens with zero attached hydrogens (tertiary/aromatic N) is 1. The number of carbonyl (C=O) groups excluding carboxylic acids is 2. The van der Waals surface area contributed by atoms with Crippen LogP contribution in [-0.2, 0) is 11.3 Å². The highest BCUT2D eigenvalue weighted by atomic mass is 16.5. The van der Waals surface area contributed by atoms with Gasteiger partial charge in [-0.1, -0.05) is 50.3 Å². The first-order chi connectivity index (χ1) is 13.1. The minimum atomic E-state index is -0.338. The fraction of sp³-hybridized carbons (Fsp3) is 0.619. The van der Waals surface area contributed by atoms with Gasteiger partial charge in [0.1, 0.15) is 5.75 Å². The van der Waals surface area contributed by atoms with E-state index >= 15 is 0 Å². The third-order valence-corrected chi connectivity index (χ3v) is 5.53. The van der Waals surface area contributed by atoms with Crippen molar-refractivity contribution in [3.63, 3.8) is 0 Å². The third kappa shape index (κ3) is 5.70. The predicted molar refractivity (Wildman–Crippen MR) is 105 cm³/mol. The number of hydrogen-bond donors (Lipinski definition) is 2. The van der Waals surface area contributed by atoms with E-state index in [0.29, 0.717) is 31.4 Å². The van der Waals surface area contributed by atoms with E-state index in [0.717, 1.165) is 11.5 Å². The molecule has 1 aliphatic carbocycles. The third-order valence-electron chi connectivity index (χ3n) is 5.53. The van der Waals surface area contributed by atoms with Crippen molar-refractivity contribution in [3.05, 3.63) is 29.8 Å². The zero-order chi connectivity index (χ0) is 19.1. The molecule has 0 bridgehead atoms. The van der Waals surface area contributed by atoms with Crippen LogP contribution in [0.2, 0.25) is 0 Å². The summed E-state index contributed by atoms with van der Waals surface area (Å²) in [4.78, 5) is 24.9. The van der Waals surface area contributed by atoms with Crippen LogP contribution in [0.1, 0.15) is 51.0 Å². The van der Waals surface area contributed by atoms with Crippen molar-refractivity contribution in [1.29, 1.82) is 0 Å². The number of urea groups is 1. The molecular formula is C21H31N3O3. The Kier molecular flexibility index (Phi) is 7.10. The van der Waals surface area contributed by atoms with Gasteiger partial charge in [-0.3, -0.25) is 9.69 Å². The zero-order valence-corrected chi connectivity index (χ0v) is 16.2. The van der Waals surface area contributed by atoms with Crippen molar-refractivity contribution < 1.29 is 14.3 Å². The van der Waals surface area contributed by atoms with E-state index in [-0.39, 0.29) is 18.5 Å². The number of hydrogen-bond acceptors (Lipinski definition) is 4. The fourth-order valence-corrected chi connectivity index (χ4v) is 4.01. The van der Waals surface area contributed by atoms with Gasteiger partial charge in [-0.2, -0.15) is 0 Å². The van der Waals surface area contributed by atoms with Gasteiger partial charge in [0.05, 0.1) is 0 Å². The van der Waals surface area contributed by atoms with Gasteiger partial charge in [0, 0.05) is 31.2 Å². The van der Waals surface area contributed by atoms with E-state index < -0.39 is 0 Å². The highest BCUT2D eigenvalue weighted by molar-refractivity contribution is 5.96. The highest BCUT2D eigenvalue weighted by Gasteiger charge is 2.26. The molecule has 0 spiro atoms. The maximum Gasteiger partial charge on any atom is 0.324 e. The molecule has 1 saturated carbocycles. The summed E-state index contributed by atoms with van der Waals surface area (Å²) in [6.45, 7) is 3.74. The van der Waals surface area contributed by atoms with Crippen LogP contribution >= 0.6 is 0 Å². The van der Waals surface area contributed by atoms with Crippen LogP contribution in [0, 0.1) is 5.92 Å². The lowest BCUT2D eigenvalue weighted by Gasteiger charge is -2.25. The van der Waals surface area contributed by atoms with Crippen LogP contribution in [-0.4, -0.2) is 42.6 Å². The lowest BCUT2D eigenvalue weighted by Crippen LogP contribution is -2.37. The minimum absolute atomic E-state index is 0.123. The van der Waals surface area contributed by atoms with Crippen LogP contribution in [0.5, 0.6) is 5.75 Å². The van der Waals surface area contributed by atoms with E-state index in [1.54, 1.807) is 0 Å². The largest absolute Gasteiger partial charge is 0.483 e. The molecule has 3 amide bonds. The van der Waals surface area contributed by atoms with Crippen LogP contribution in [0.3, 0.4) is 0 Å². The first kappa shape index (κ1) is 19.7. The molecule has 1 atom stereocenters. The number of nitrogens with one attached hydrogen (secondary N) is 2. The van der Waals surface area contributed by atoms with E-state index in [1.807, 2.05) is 24.3 Å². The Labute approximate surface area is 161 Å². The normalized spacial score (nSPS) is 19.0. The summed E-state index contributed by atoms with van der Waals surface area (Å²) in [5, 5.41) is 6.22. The first-order valence-electron chi connectivity index (χ1n) is 10.2. The fourth-order valence-electron chi connectivity index (χ4n) is 4.01. The number of benzene rings is 1. The monoisotopic (exact) mass is 373 g/mol. The Hall–Kier alpha value is -2.08. The SMILES string of the molecule is CC(CC1CCCCC1)NCc1ccccc1OCC(=O)N1CCNC1=O. The molecule has 0 aromatic heterocycles. The van der Waals surface area contributed by atoms with Crippen molar-refractivity contribution in [2.75, 3.05) is 19.7 Å². The molecule has 3 rings (SSSR count). The number of ether oxygens (including phenoxy) is 1. The Morgan fingerprint density at radius 2 is 2.07 bits per heavy atom. The number of imide groups is 1. The molecule has 0 radical (unpaired) electrons. The molecule has 1 heterocycles. The molecule has 1 aliphatic heterocycles. The van der Waals surface area contributed by atoms with Crippen LogP contribution in [0.15, 0.2) is 24.3 Å².